The number of phenols is 1. The lowest BCUT2D eigenvalue weighted by molar-refractivity contribution is -0.116. The zero-order chi connectivity index (χ0) is 24.9. The van der Waals surface area contributed by atoms with Crippen LogP contribution in [0.2, 0.25) is 0 Å². The van der Waals surface area contributed by atoms with Gasteiger partial charge in [0.05, 0.1) is 11.3 Å². The maximum absolute atomic E-state index is 12.4. The molecule has 4 rings (SSSR count). The van der Waals surface area contributed by atoms with Crippen molar-refractivity contribution >= 4 is 23.7 Å². The number of rotatable bonds is 8. The Morgan fingerprint density at radius 3 is 2.23 bits per heavy atom. The van der Waals surface area contributed by atoms with Crippen molar-refractivity contribution in [2.24, 2.45) is 5.92 Å². The molecule has 0 spiro atoms. The fourth-order valence-corrected chi connectivity index (χ4v) is 4.32. The number of benzene rings is 3. The van der Waals surface area contributed by atoms with Gasteiger partial charge in [-0.1, -0.05) is 55.5 Å². The van der Waals surface area contributed by atoms with Crippen LogP contribution in [-0.4, -0.2) is 41.3 Å². The van der Waals surface area contributed by atoms with E-state index in [9.17, 15) is 24.6 Å². The van der Waals surface area contributed by atoms with Crippen LogP contribution in [0.15, 0.2) is 66.7 Å². The third kappa shape index (κ3) is 5.43. The number of aromatic hydroxyl groups is 1. The Bertz CT molecular complexity index is 1230. The molecule has 4 N–H and O–H groups in total. The molecule has 0 radical (unpaired) electrons. The zero-order valence-electron chi connectivity index (χ0n) is 19.2. The second-order valence-electron chi connectivity index (χ2n) is 8.60. The minimum absolute atomic E-state index is 0.0370. The van der Waals surface area contributed by atoms with E-state index in [0.717, 1.165) is 28.3 Å². The number of amides is 2. The number of carbonyl (C=O) groups is 3. The molecule has 1 unspecified atom stereocenters. The molecule has 3 aromatic rings. The van der Waals surface area contributed by atoms with Crippen LogP contribution in [0.5, 0.6) is 5.75 Å². The van der Waals surface area contributed by atoms with Gasteiger partial charge in [-0.15, -0.1) is 0 Å². The second kappa shape index (κ2) is 10.3. The lowest BCUT2D eigenvalue weighted by Crippen LogP contribution is -2.31. The summed E-state index contributed by atoms with van der Waals surface area (Å²) in [6, 6.07) is 19.9. The first-order chi connectivity index (χ1) is 16.8. The number of carbonyl (C=O) groups excluding carboxylic acids is 2. The van der Waals surface area contributed by atoms with E-state index in [1.165, 1.54) is 12.1 Å². The maximum Gasteiger partial charge on any atom is 0.407 e. The highest BCUT2D eigenvalue weighted by atomic mass is 16.5. The number of aromatic carboxylic acids is 1. The molecular weight excluding hydrogens is 448 g/mol. The molecule has 0 aliphatic heterocycles. The molecule has 35 heavy (non-hydrogen) atoms. The van der Waals surface area contributed by atoms with E-state index in [2.05, 4.69) is 22.8 Å². The van der Waals surface area contributed by atoms with E-state index >= 15 is 0 Å². The molecule has 0 saturated carbocycles. The van der Waals surface area contributed by atoms with Gasteiger partial charge in [-0.3, -0.25) is 4.79 Å². The van der Waals surface area contributed by atoms with Gasteiger partial charge in [-0.2, -0.15) is 0 Å². The number of ether oxygens (including phenoxy) is 1. The molecule has 0 heterocycles. The molecule has 2 amide bonds. The second-order valence-corrected chi connectivity index (χ2v) is 8.60. The third-order valence-corrected chi connectivity index (χ3v) is 5.98. The van der Waals surface area contributed by atoms with E-state index in [4.69, 9.17) is 4.74 Å². The topological polar surface area (TPSA) is 125 Å². The van der Waals surface area contributed by atoms with Gasteiger partial charge in [0.2, 0.25) is 5.91 Å². The summed E-state index contributed by atoms with van der Waals surface area (Å²) in [5, 5.41) is 23.9. The van der Waals surface area contributed by atoms with Crippen LogP contribution in [0.3, 0.4) is 0 Å². The standard InChI is InChI=1S/C27H26N2O6/c1-16(12-25(31)29-24-11-10-17(30)13-22(24)26(32)33)14-28-27(34)35-15-23-20-8-4-2-6-18(20)19-7-3-5-9-21(19)23/h2-11,13,16,23,30H,12,14-15H2,1H3,(H,28,34)(H,29,31)(H,32,33). The lowest BCUT2D eigenvalue weighted by Gasteiger charge is -2.16. The summed E-state index contributed by atoms with van der Waals surface area (Å²) in [7, 11) is 0. The molecule has 8 nitrogen and oxygen atoms in total. The van der Waals surface area contributed by atoms with Crippen LogP contribution in [-0.2, 0) is 9.53 Å². The maximum atomic E-state index is 12.4. The Labute approximate surface area is 202 Å². The van der Waals surface area contributed by atoms with Crippen molar-refractivity contribution in [1.82, 2.24) is 5.32 Å². The summed E-state index contributed by atoms with van der Waals surface area (Å²) in [6.45, 7) is 2.21. The zero-order valence-corrected chi connectivity index (χ0v) is 19.2. The van der Waals surface area contributed by atoms with Gasteiger partial charge in [0.15, 0.2) is 0 Å². The van der Waals surface area contributed by atoms with Crippen molar-refractivity contribution in [2.45, 2.75) is 19.3 Å². The molecule has 0 aromatic heterocycles. The quantitative estimate of drug-likeness (QED) is 0.354. The van der Waals surface area contributed by atoms with Crippen LogP contribution in [0, 0.1) is 5.92 Å². The normalized spacial score (nSPS) is 12.8. The lowest BCUT2D eigenvalue weighted by atomic mass is 9.98. The summed E-state index contributed by atoms with van der Waals surface area (Å²) < 4.78 is 5.50. The summed E-state index contributed by atoms with van der Waals surface area (Å²) in [5.41, 5.74) is 4.44. The molecule has 3 aromatic carbocycles. The van der Waals surface area contributed by atoms with Crippen molar-refractivity contribution in [3.05, 3.63) is 83.4 Å². The van der Waals surface area contributed by atoms with Crippen LogP contribution in [0.1, 0.15) is 40.7 Å². The number of hydrogen-bond donors (Lipinski definition) is 4. The van der Waals surface area contributed by atoms with E-state index in [0.29, 0.717) is 0 Å². The Kier molecular flexibility index (Phi) is 7.01. The highest BCUT2D eigenvalue weighted by Gasteiger charge is 2.29. The molecule has 0 bridgehead atoms. The van der Waals surface area contributed by atoms with Gasteiger partial charge in [0.25, 0.3) is 0 Å². The first-order valence-corrected chi connectivity index (χ1v) is 11.3. The highest BCUT2D eigenvalue weighted by Crippen LogP contribution is 2.44. The molecule has 0 fully saturated rings. The monoisotopic (exact) mass is 474 g/mol. The van der Waals surface area contributed by atoms with Crippen LogP contribution in [0.25, 0.3) is 11.1 Å². The average molecular weight is 475 g/mol. The predicted molar refractivity (Wildman–Crippen MR) is 131 cm³/mol. The molecule has 0 saturated heterocycles. The number of carboxylic acid groups (broad SMARTS) is 1. The number of carboxylic acids is 1. The predicted octanol–water partition coefficient (Wildman–Crippen LogP) is 4.59. The van der Waals surface area contributed by atoms with Crippen molar-refractivity contribution in [1.29, 1.82) is 0 Å². The van der Waals surface area contributed by atoms with Gasteiger partial charge in [0, 0.05) is 18.9 Å². The summed E-state index contributed by atoms with van der Waals surface area (Å²) in [5.74, 6) is -2.13. The van der Waals surface area contributed by atoms with Crippen LogP contribution < -0.4 is 10.6 Å². The summed E-state index contributed by atoms with van der Waals surface area (Å²) >= 11 is 0. The van der Waals surface area contributed by atoms with E-state index in [-0.39, 0.29) is 48.4 Å². The Hall–Kier alpha value is -4.33. The average Bonchev–Trinajstić information content (AvgIpc) is 3.16. The van der Waals surface area contributed by atoms with Gasteiger partial charge in [-0.25, -0.2) is 9.59 Å². The minimum Gasteiger partial charge on any atom is -0.508 e. The van der Waals surface area contributed by atoms with Crippen molar-refractivity contribution in [3.8, 4) is 16.9 Å². The highest BCUT2D eigenvalue weighted by molar-refractivity contribution is 6.00. The molecule has 1 atom stereocenters. The molecule has 8 heteroatoms. The fourth-order valence-electron chi connectivity index (χ4n) is 4.32. The van der Waals surface area contributed by atoms with Gasteiger partial charge < -0.3 is 25.6 Å². The van der Waals surface area contributed by atoms with Crippen molar-refractivity contribution in [3.63, 3.8) is 0 Å². The first kappa shape index (κ1) is 23.8. The number of anilines is 1. The van der Waals surface area contributed by atoms with E-state index in [1.54, 1.807) is 6.92 Å². The summed E-state index contributed by atoms with van der Waals surface area (Å²) in [4.78, 5) is 36.0. The van der Waals surface area contributed by atoms with Gasteiger partial charge >= 0.3 is 12.1 Å². The van der Waals surface area contributed by atoms with Crippen LogP contribution in [0.4, 0.5) is 10.5 Å². The Morgan fingerprint density at radius 2 is 1.60 bits per heavy atom. The van der Waals surface area contributed by atoms with Gasteiger partial charge in [-0.05, 0) is 46.4 Å². The largest absolute Gasteiger partial charge is 0.508 e. The van der Waals surface area contributed by atoms with Crippen LogP contribution >= 0.6 is 0 Å². The number of phenolic OH excluding ortho intramolecular Hbond substituents is 1. The number of nitrogens with one attached hydrogen (secondary N) is 2. The molecule has 1 aliphatic carbocycles. The Balaban J connectivity index is 1.27. The Morgan fingerprint density at radius 1 is 0.971 bits per heavy atom. The van der Waals surface area contributed by atoms with Crippen molar-refractivity contribution < 1.29 is 29.3 Å². The smallest absolute Gasteiger partial charge is 0.407 e. The molecular formula is C27H26N2O6. The summed E-state index contributed by atoms with van der Waals surface area (Å²) in [6.07, 6.45) is -0.505. The first-order valence-electron chi connectivity index (χ1n) is 11.3. The van der Waals surface area contributed by atoms with Crippen molar-refractivity contribution in [2.75, 3.05) is 18.5 Å². The minimum atomic E-state index is -1.26. The number of fused-ring (bicyclic) bond motifs is 3. The van der Waals surface area contributed by atoms with E-state index < -0.39 is 18.0 Å². The van der Waals surface area contributed by atoms with E-state index in [1.807, 2.05) is 36.4 Å². The number of alkyl carbamates (subject to hydrolysis) is 1. The molecule has 1 aliphatic rings. The molecule has 180 valence electrons. The SMILES string of the molecule is CC(CNC(=O)OCC1c2ccccc2-c2ccccc21)CC(=O)Nc1ccc(O)cc1C(=O)O. The fraction of sp³-hybridized carbons (Fsp3) is 0.222. The third-order valence-electron chi connectivity index (χ3n) is 5.98. The van der Waals surface area contributed by atoms with Gasteiger partial charge in [0.1, 0.15) is 12.4 Å². The number of hydrogen-bond acceptors (Lipinski definition) is 5.